The van der Waals surface area contributed by atoms with Gasteiger partial charge < -0.3 is 24.3 Å². The van der Waals surface area contributed by atoms with Crippen LogP contribution in [0.1, 0.15) is 30.4 Å². The van der Waals surface area contributed by atoms with Crippen LogP contribution in [0, 0.1) is 0 Å². The molecule has 1 saturated heterocycles. The number of carbonyl (C=O) groups excluding carboxylic acids is 1. The predicted octanol–water partition coefficient (Wildman–Crippen LogP) is 1.81. The first-order chi connectivity index (χ1) is 12.1. The summed E-state index contributed by atoms with van der Waals surface area (Å²) in [6, 6.07) is 4.16. The molecule has 25 heavy (non-hydrogen) atoms. The smallest absolute Gasteiger partial charge is 0.231 e. The summed E-state index contributed by atoms with van der Waals surface area (Å²) in [7, 11) is 3.17. The van der Waals surface area contributed by atoms with Crippen LogP contribution < -0.4 is 14.8 Å². The first-order valence-electron chi connectivity index (χ1n) is 8.69. The van der Waals surface area contributed by atoms with Crippen molar-refractivity contribution in [3.63, 3.8) is 0 Å². The van der Waals surface area contributed by atoms with Crippen LogP contribution >= 0.6 is 0 Å². The van der Waals surface area contributed by atoms with Crippen LogP contribution in [0.2, 0.25) is 0 Å². The van der Waals surface area contributed by atoms with Gasteiger partial charge in [-0.1, -0.05) is 0 Å². The summed E-state index contributed by atoms with van der Waals surface area (Å²) in [5, 5.41) is 3.67. The quantitative estimate of drug-likeness (QED) is 0.883. The molecule has 0 saturated carbocycles. The molecule has 1 aromatic carbocycles. The van der Waals surface area contributed by atoms with E-state index in [1.54, 1.807) is 14.2 Å². The molecule has 2 aliphatic heterocycles. The molecule has 0 spiro atoms. The fourth-order valence-corrected chi connectivity index (χ4v) is 5.42. The number of aryl methyl sites for hydroxylation is 1. The maximum absolute atomic E-state index is 12.9. The van der Waals surface area contributed by atoms with E-state index >= 15 is 0 Å². The SMILES string of the molecule is COC1=C(OC)[C@]23CCc4cc5c(cc4[C@]2(CCN3)CC1=O)OCO5. The monoisotopic (exact) mass is 343 g/mol. The van der Waals surface area contributed by atoms with Crippen molar-refractivity contribution in [3.8, 4) is 11.5 Å². The molecule has 2 aliphatic carbocycles. The van der Waals surface area contributed by atoms with Gasteiger partial charge >= 0.3 is 0 Å². The molecule has 1 N–H and O–H groups in total. The van der Waals surface area contributed by atoms with Crippen molar-refractivity contribution in [3.05, 3.63) is 34.8 Å². The third kappa shape index (κ3) is 1.66. The fraction of sp³-hybridized carbons (Fsp3) is 0.526. The summed E-state index contributed by atoms with van der Waals surface area (Å²) in [6.07, 6.45) is 3.06. The lowest BCUT2D eigenvalue weighted by Crippen LogP contribution is -2.62. The van der Waals surface area contributed by atoms with Crippen LogP contribution in [0.15, 0.2) is 23.7 Å². The number of hydrogen-bond acceptors (Lipinski definition) is 6. The highest BCUT2D eigenvalue weighted by Crippen LogP contribution is 2.59. The number of benzene rings is 1. The second kappa shape index (κ2) is 4.91. The number of rotatable bonds is 2. The molecule has 5 rings (SSSR count). The molecule has 0 amide bonds. The Kier molecular flexibility index (Phi) is 2.96. The van der Waals surface area contributed by atoms with Crippen LogP contribution in [0.3, 0.4) is 0 Å². The van der Waals surface area contributed by atoms with Crippen molar-refractivity contribution in [2.24, 2.45) is 0 Å². The van der Waals surface area contributed by atoms with Gasteiger partial charge in [0, 0.05) is 11.8 Å². The van der Waals surface area contributed by atoms with Crippen LogP contribution in [0.4, 0.5) is 0 Å². The molecule has 1 fully saturated rings. The van der Waals surface area contributed by atoms with Gasteiger partial charge in [0.05, 0.1) is 19.8 Å². The van der Waals surface area contributed by atoms with Gasteiger partial charge in [0.25, 0.3) is 0 Å². The van der Waals surface area contributed by atoms with E-state index in [-0.39, 0.29) is 18.0 Å². The number of methoxy groups -OCH3 is 2. The van der Waals surface area contributed by atoms with Crippen LogP contribution in [0.25, 0.3) is 0 Å². The van der Waals surface area contributed by atoms with Gasteiger partial charge in [-0.25, -0.2) is 0 Å². The third-order valence-corrected chi connectivity index (χ3v) is 6.40. The van der Waals surface area contributed by atoms with Gasteiger partial charge in [0.1, 0.15) is 0 Å². The highest BCUT2D eigenvalue weighted by Gasteiger charge is 2.65. The molecule has 0 bridgehead atoms. The lowest BCUT2D eigenvalue weighted by Gasteiger charge is -2.52. The van der Waals surface area contributed by atoms with Gasteiger partial charge in [0.15, 0.2) is 17.3 Å². The van der Waals surface area contributed by atoms with Gasteiger partial charge in [-0.2, -0.15) is 0 Å². The highest BCUT2D eigenvalue weighted by molar-refractivity contribution is 5.97. The lowest BCUT2D eigenvalue weighted by atomic mass is 9.54. The Balaban J connectivity index is 1.77. The Morgan fingerprint density at radius 1 is 1.12 bits per heavy atom. The molecule has 1 aromatic rings. The van der Waals surface area contributed by atoms with Gasteiger partial charge in [-0.15, -0.1) is 0 Å². The lowest BCUT2D eigenvalue weighted by molar-refractivity contribution is -0.123. The van der Waals surface area contributed by atoms with Gasteiger partial charge in [-0.3, -0.25) is 4.79 Å². The predicted molar refractivity (Wildman–Crippen MR) is 88.6 cm³/mol. The summed E-state index contributed by atoms with van der Waals surface area (Å²) in [6.45, 7) is 1.09. The zero-order valence-corrected chi connectivity index (χ0v) is 14.4. The topological polar surface area (TPSA) is 66.0 Å². The molecule has 0 aromatic heterocycles. The zero-order chi connectivity index (χ0) is 17.2. The van der Waals surface area contributed by atoms with E-state index in [0.717, 1.165) is 37.3 Å². The van der Waals surface area contributed by atoms with E-state index in [1.807, 2.05) is 0 Å². The molecular weight excluding hydrogens is 322 g/mol. The van der Waals surface area contributed by atoms with E-state index in [2.05, 4.69) is 17.4 Å². The number of allylic oxidation sites excluding steroid dienone is 1. The maximum atomic E-state index is 12.9. The third-order valence-electron chi connectivity index (χ3n) is 6.40. The van der Waals surface area contributed by atoms with E-state index in [4.69, 9.17) is 18.9 Å². The van der Waals surface area contributed by atoms with E-state index in [0.29, 0.717) is 17.9 Å². The van der Waals surface area contributed by atoms with Crippen molar-refractivity contribution in [1.82, 2.24) is 5.32 Å². The molecule has 6 heteroatoms. The summed E-state index contributed by atoms with van der Waals surface area (Å²) in [4.78, 5) is 12.9. The maximum Gasteiger partial charge on any atom is 0.231 e. The number of hydrogen-bond donors (Lipinski definition) is 1. The van der Waals surface area contributed by atoms with Crippen LogP contribution in [-0.2, 0) is 26.1 Å². The first kappa shape index (κ1) is 15.1. The van der Waals surface area contributed by atoms with Crippen molar-refractivity contribution in [1.29, 1.82) is 0 Å². The Hall–Kier alpha value is -2.21. The van der Waals surface area contributed by atoms with Crippen LogP contribution in [-0.4, -0.2) is 38.9 Å². The minimum absolute atomic E-state index is 0.00388. The molecule has 0 radical (unpaired) electrons. The average molecular weight is 343 g/mol. The van der Waals surface area contributed by atoms with E-state index in [1.165, 1.54) is 11.1 Å². The molecule has 0 unspecified atom stereocenters. The molecule has 132 valence electrons. The number of nitrogens with one attached hydrogen (secondary N) is 1. The number of ether oxygens (including phenoxy) is 4. The number of fused-ring (bicyclic) bond motifs is 2. The van der Waals surface area contributed by atoms with Gasteiger partial charge in [-0.05, 0) is 49.1 Å². The van der Waals surface area contributed by atoms with E-state index in [9.17, 15) is 4.79 Å². The Bertz CT molecular complexity index is 816. The largest absolute Gasteiger partial charge is 0.495 e. The minimum Gasteiger partial charge on any atom is -0.495 e. The highest BCUT2D eigenvalue weighted by atomic mass is 16.7. The Morgan fingerprint density at radius 3 is 2.68 bits per heavy atom. The molecule has 2 atom stereocenters. The number of carbonyl (C=O) groups is 1. The Morgan fingerprint density at radius 2 is 1.92 bits per heavy atom. The second-order valence-corrected chi connectivity index (χ2v) is 7.19. The summed E-state index contributed by atoms with van der Waals surface area (Å²) in [5.74, 6) is 2.58. The first-order valence-corrected chi connectivity index (χ1v) is 8.69. The van der Waals surface area contributed by atoms with E-state index < -0.39 is 5.54 Å². The minimum atomic E-state index is -0.401. The normalized spacial score (nSPS) is 32.2. The molecule has 2 heterocycles. The van der Waals surface area contributed by atoms with Crippen LogP contribution in [0.5, 0.6) is 11.5 Å². The summed E-state index contributed by atoms with van der Waals surface area (Å²) >= 11 is 0. The Labute approximate surface area is 146 Å². The number of ketones is 1. The van der Waals surface area contributed by atoms with Crippen molar-refractivity contribution < 1.29 is 23.7 Å². The zero-order valence-electron chi connectivity index (χ0n) is 14.4. The second-order valence-electron chi connectivity index (χ2n) is 7.19. The summed E-state index contributed by atoms with van der Waals surface area (Å²) < 4.78 is 22.4. The summed E-state index contributed by atoms with van der Waals surface area (Å²) in [5.41, 5.74) is 1.70. The molecule has 6 nitrogen and oxygen atoms in total. The standard InChI is InChI=1S/C19H21NO5/c1-22-16-13(21)9-18-5-6-20-19(18,17(16)23-2)4-3-11-7-14-15(8-12(11)18)25-10-24-14/h7-8,20H,3-6,9-10H2,1-2H3/t18-,19+/m0/s1. The average Bonchev–Trinajstić information content (AvgIpc) is 3.22. The number of Topliss-reactive ketones (excluding diaryl/α,β-unsaturated/α-hetero) is 1. The molecule has 4 aliphatic rings. The van der Waals surface area contributed by atoms with Crippen molar-refractivity contribution in [2.75, 3.05) is 27.6 Å². The van der Waals surface area contributed by atoms with Gasteiger partial charge in [0.2, 0.25) is 18.3 Å². The fourth-order valence-electron chi connectivity index (χ4n) is 5.42. The van der Waals surface area contributed by atoms with Crippen molar-refractivity contribution >= 4 is 5.78 Å². The molecular formula is C19H21NO5. The van der Waals surface area contributed by atoms with Crippen molar-refractivity contribution in [2.45, 2.75) is 36.6 Å².